The molecule has 1 aliphatic rings. The summed E-state index contributed by atoms with van der Waals surface area (Å²) in [5.41, 5.74) is 6.94. The maximum Gasteiger partial charge on any atom is 0.269 e. The van der Waals surface area contributed by atoms with Gasteiger partial charge in [0, 0.05) is 36.3 Å². The van der Waals surface area contributed by atoms with Crippen LogP contribution in [0.4, 0.5) is 5.69 Å². The molecular weight excluding hydrogens is 248 g/mol. The Hall–Kier alpha value is -1.66. The summed E-state index contributed by atoms with van der Waals surface area (Å²) in [5, 5.41) is 10.8. The fourth-order valence-corrected chi connectivity index (χ4v) is 2.34. The number of benzene rings is 1. The number of ether oxygens (including phenoxy) is 2. The molecule has 2 rings (SSSR count). The summed E-state index contributed by atoms with van der Waals surface area (Å²) < 4.78 is 10.7. The molecule has 0 aromatic heterocycles. The molecule has 1 aromatic rings. The largest absolute Gasteiger partial charge is 0.496 e. The van der Waals surface area contributed by atoms with E-state index in [9.17, 15) is 10.1 Å². The Morgan fingerprint density at radius 2 is 2.37 bits per heavy atom. The van der Waals surface area contributed by atoms with Gasteiger partial charge >= 0.3 is 0 Å². The van der Waals surface area contributed by atoms with Crippen LogP contribution in [0.3, 0.4) is 0 Å². The van der Waals surface area contributed by atoms with Crippen molar-refractivity contribution in [3.8, 4) is 5.75 Å². The molecule has 1 fully saturated rings. The van der Waals surface area contributed by atoms with E-state index >= 15 is 0 Å². The van der Waals surface area contributed by atoms with Crippen molar-refractivity contribution >= 4 is 5.69 Å². The first kappa shape index (κ1) is 13.8. The molecule has 1 saturated heterocycles. The zero-order valence-electron chi connectivity index (χ0n) is 10.9. The van der Waals surface area contributed by atoms with Crippen LogP contribution in [0, 0.1) is 16.0 Å². The minimum atomic E-state index is -0.403. The van der Waals surface area contributed by atoms with Crippen molar-refractivity contribution < 1.29 is 14.4 Å². The molecule has 0 bridgehead atoms. The number of methoxy groups -OCH3 is 1. The van der Waals surface area contributed by atoms with Gasteiger partial charge in [-0.25, -0.2) is 0 Å². The van der Waals surface area contributed by atoms with Crippen LogP contribution in [0.15, 0.2) is 18.2 Å². The van der Waals surface area contributed by atoms with E-state index in [1.807, 2.05) is 0 Å². The first-order valence-electron chi connectivity index (χ1n) is 6.26. The van der Waals surface area contributed by atoms with Gasteiger partial charge in [0.05, 0.1) is 18.6 Å². The van der Waals surface area contributed by atoms with Crippen molar-refractivity contribution in [2.75, 3.05) is 20.3 Å². The van der Waals surface area contributed by atoms with Crippen molar-refractivity contribution in [1.82, 2.24) is 0 Å². The number of rotatable bonds is 4. The third kappa shape index (κ3) is 3.21. The summed E-state index contributed by atoms with van der Waals surface area (Å²) in [6.45, 7) is 1.27. The summed E-state index contributed by atoms with van der Waals surface area (Å²) in [5.74, 6) is 0.827. The SMILES string of the molecule is COc1ccc([N+](=O)[O-])cc1CC1COCCC1N. The van der Waals surface area contributed by atoms with Crippen LogP contribution in [0.1, 0.15) is 12.0 Å². The average molecular weight is 266 g/mol. The molecule has 1 aliphatic heterocycles. The van der Waals surface area contributed by atoms with E-state index in [0.29, 0.717) is 25.4 Å². The number of hydrogen-bond donors (Lipinski definition) is 1. The number of hydrogen-bond acceptors (Lipinski definition) is 5. The number of nitro benzene ring substituents is 1. The number of nitrogens with two attached hydrogens (primary N) is 1. The van der Waals surface area contributed by atoms with E-state index in [4.69, 9.17) is 15.2 Å². The lowest BCUT2D eigenvalue weighted by Crippen LogP contribution is -2.39. The Balaban J connectivity index is 2.21. The molecule has 6 heteroatoms. The van der Waals surface area contributed by atoms with Crippen LogP contribution in [0.25, 0.3) is 0 Å². The van der Waals surface area contributed by atoms with Crippen LogP contribution < -0.4 is 10.5 Å². The van der Waals surface area contributed by atoms with Crippen LogP contribution in [-0.4, -0.2) is 31.3 Å². The van der Waals surface area contributed by atoms with E-state index in [1.165, 1.54) is 6.07 Å². The van der Waals surface area contributed by atoms with Crippen molar-refractivity contribution in [2.45, 2.75) is 18.9 Å². The molecule has 0 saturated carbocycles. The quantitative estimate of drug-likeness (QED) is 0.659. The summed E-state index contributed by atoms with van der Waals surface area (Å²) in [4.78, 5) is 10.4. The lowest BCUT2D eigenvalue weighted by molar-refractivity contribution is -0.384. The van der Waals surface area contributed by atoms with Crippen LogP contribution in [0.5, 0.6) is 5.75 Å². The Bertz CT molecular complexity index is 464. The lowest BCUT2D eigenvalue weighted by Gasteiger charge is -2.29. The monoisotopic (exact) mass is 266 g/mol. The normalized spacial score (nSPS) is 23.1. The molecule has 0 amide bonds. The van der Waals surface area contributed by atoms with Crippen molar-refractivity contribution in [1.29, 1.82) is 0 Å². The average Bonchev–Trinajstić information content (AvgIpc) is 2.41. The second-order valence-corrected chi connectivity index (χ2v) is 4.74. The van der Waals surface area contributed by atoms with Gasteiger partial charge in [0.1, 0.15) is 5.75 Å². The summed E-state index contributed by atoms with van der Waals surface area (Å²) >= 11 is 0. The number of nitrogens with zero attached hydrogens (tertiary/aromatic N) is 1. The fraction of sp³-hybridized carbons (Fsp3) is 0.538. The fourth-order valence-electron chi connectivity index (χ4n) is 2.34. The maximum atomic E-state index is 10.8. The van der Waals surface area contributed by atoms with E-state index in [0.717, 1.165) is 12.0 Å². The Kier molecular flexibility index (Phi) is 4.34. The van der Waals surface area contributed by atoms with E-state index in [2.05, 4.69) is 0 Å². The highest BCUT2D eigenvalue weighted by Gasteiger charge is 2.24. The third-order valence-electron chi connectivity index (χ3n) is 3.49. The second-order valence-electron chi connectivity index (χ2n) is 4.74. The predicted octanol–water partition coefficient (Wildman–Crippen LogP) is 1.51. The predicted molar refractivity (Wildman–Crippen MR) is 70.3 cm³/mol. The molecule has 0 radical (unpaired) electrons. The second kappa shape index (κ2) is 5.99. The molecule has 0 aliphatic carbocycles. The number of nitro groups is 1. The van der Waals surface area contributed by atoms with Gasteiger partial charge in [0.15, 0.2) is 0 Å². The highest BCUT2D eigenvalue weighted by molar-refractivity contribution is 5.44. The zero-order valence-corrected chi connectivity index (χ0v) is 10.9. The molecule has 2 unspecified atom stereocenters. The molecule has 1 heterocycles. The van der Waals surface area contributed by atoms with Crippen molar-refractivity contribution in [3.05, 3.63) is 33.9 Å². The molecule has 2 atom stereocenters. The molecule has 0 spiro atoms. The summed E-state index contributed by atoms with van der Waals surface area (Å²) in [6.07, 6.45) is 1.45. The highest BCUT2D eigenvalue weighted by atomic mass is 16.6. The van der Waals surface area contributed by atoms with Crippen molar-refractivity contribution in [3.63, 3.8) is 0 Å². The standard InChI is InChI=1S/C13H18N2O4/c1-18-13-3-2-11(15(16)17)7-9(13)6-10-8-19-5-4-12(10)14/h2-3,7,10,12H,4-6,8,14H2,1H3. The summed E-state index contributed by atoms with van der Waals surface area (Å²) in [6, 6.07) is 4.69. The lowest BCUT2D eigenvalue weighted by atomic mass is 9.89. The highest BCUT2D eigenvalue weighted by Crippen LogP contribution is 2.28. The van der Waals surface area contributed by atoms with Gasteiger partial charge < -0.3 is 15.2 Å². The Labute approximate surface area is 111 Å². The smallest absolute Gasteiger partial charge is 0.269 e. The first-order valence-corrected chi connectivity index (χ1v) is 6.26. The molecule has 19 heavy (non-hydrogen) atoms. The van der Waals surface area contributed by atoms with E-state index < -0.39 is 4.92 Å². The zero-order chi connectivity index (χ0) is 13.8. The first-order chi connectivity index (χ1) is 9.11. The van der Waals surface area contributed by atoms with Gasteiger partial charge in [0.25, 0.3) is 5.69 Å². The maximum absolute atomic E-state index is 10.8. The van der Waals surface area contributed by atoms with Gasteiger partial charge in [-0.1, -0.05) is 0 Å². The van der Waals surface area contributed by atoms with E-state index in [1.54, 1.807) is 19.2 Å². The van der Waals surface area contributed by atoms with Gasteiger partial charge in [-0.2, -0.15) is 0 Å². The third-order valence-corrected chi connectivity index (χ3v) is 3.49. The molecular formula is C13H18N2O4. The van der Waals surface area contributed by atoms with Crippen LogP contribution >= 0.6 is 0 Å². The molecule has 2 N–H and O–H groups in total. The Morgan fingerprint density at radius 1 is 1.58 bits per heavy atom. The molecule has 104 valence electrons. The van der Waals surface area contributed by atoms with Gasteiger partial charge in [-0.15, -0.1) is 0 Å². The topological polar surface area (TPSA) is 87.6 Å². The summed E-state index contributed by atoms with van der Waals surface area (Å²) in [7, 11) is 1.56. The molecule has 6 nitrogen and oxygen atoms in total. The van der Waals surface area contributed by atoms with Gasteiger partial charge in [0.2, 0.25) is 0 Å². The van der Waals surface area contributed by atoms with E-state index in [-0.39, 0.29) is 17.6 Å². The Morgan fingerprint density at radius 3 is 3.00 bits per heavy atom. The van der Waals surface area contributed by atoms with Crippen molar-refractivity contribution in [2.24, 2.45) is 11.7 Å². The van der Waals surface area contributed by atoms with Crippen LogP contribution in [-0.2, 0) is 11.2 Å². The van der Waals surface area contributed by atoms with Gasteiger partial charge in [-0.3, -0.25) is 10.1 Å². The van der Waals surface area contributed by atoms with Crippen LogP contribution in [0.2, 0.25) is 0 Å². The minimum absolute atomic E-state index is 0.0673. The number of non-ortho nitro benzene ring substituents is 1. The minimum Gasteiger partial charge on any atom is -0.496 e. The van der Waals surface area contributed by atoms with Gasteiger partial charge in [-0.05, 0) is 18.9 Å². The molecule has 1 aromatic carbocycles.